The molecule has 0 fully saturated rings. The van der Waals surface area contributed by atoms with E-state index in [1.54, 1.807) is 6.07 Å². The molecule has 2 aromatic rings. The molecule has 1 N–H and O–H groups in total. The number of aromatic hydroxyl groups is 1. The second-order valence-corrected chi connectivity index (χ2v) is 7.20. The standard InChI is InChI=1S/C21H20O5/c1-11(2)3-4-12-5-14-17(7-16(12)22)23-9-15-13-6-19-20(25-10-24-19)8-18(13)26-21(14)15/h3,5-8,15,21-22H,4,9-10H2,1-2H3/t15-,21-/m0/s1. The highest BCUT2D eigenvalue weighted by Gasteiger charge is 2.42. The summed E-state index contributed by atoms with van der Waals surface area (Å²) in [5.74, 6) is 3.35. The molecule has 5 rings (SSSR count). The smallest absolute Gasteiger partial charge is 0.231 e. The first-order chi connectivity index (χ1) is 12.6. The van der Waals surface area contributed by atoms with Crippen LogP contribution < -0.4 is 18.9 Å². The second kappa shape index (κ2) is 5.59. The van der Waals surface area contributed by atoms with Crippen LogP contribution in [0.25, 0.3) is 0 Å². The lowest BCUT2D eigenvalue weighted by atomic mass is 9.88. The first-order valence-electron chi connectivity index (χ1n) is 8.82. The van der Waals surface area contributed by atoms with E-state index in [4.69, 9.17) is 18.9 Å². The van der Waals surface area contributed by atoms with Gasteiger partial charge in [-0.15, -0.1) is 0 Å². The van der Waals surface area contributed by atoms with Gasteiger partial charge in [-0.25, -0.2) is 0 Å². The predicted molar refractivity (Wildman–Crippen MR) is 95.4 cm³/mol. The van der Waals surface area contributed by atoms with Gasteiger partial charge in [-0.2, -0.15) is 0 Å². The monoisotopic (exact) mass is 352 g/mol. The summed E-state index contributed by atoms with van der Waals surface area (Å²) < 4.78 is 23.2. The van der Waals surface area contributed by atoms with Crippen LogP contribution in [0.4, 0.5) is 0 Å². The minimum absolute atomic E-state index is 0.104. The van der Waals surface area contributed by atoms with E-state index < -0.39 is 0 Å². The van der Waals surface area contributed by atoms with Crippen molar-refractivity contribution in [1.82, 2.24) is 0 Å². The Labute approximate surface area is 151 Å². The number of allylic oxidation sites excluding steroid dienone is 2. The fourth-order valence-electron chi connectivity index (χ4n) is 3.81. The van der Waals surface area contributed by atoms with Crippen LogP contribution in [0.1, 0.15) is 42.6 Å². The maximum absolute atomic E-state index is 10.3. The van der Waals surface area contributed by atoms with Crippen molar-refractivity contribution in [2.45, 2.75) is 32.3 Å². The van der Waals surface area contributed by atoms with Crippen LogP contribution >= 0.6 is 0 Å². The first kappa shape index (κ1) is 15.4. The van der Waals surface area contributed by atoms with Gasteiger partial charge in [0.05, 0.1) is 12.5 Å². The molecule has 0 amide bonds. The molecule has 3 aliphatic rings. The zero-order valence-electron chi connectivity index (χ0n) is 14.7. The van der Waals surface area contributed by atoms with Crippen molar-refractivity contribution >= 4 is 0 Å². The van der Waals surface area contributed by atoms with Crippen LogP contribution in [0.15, 0.2) is 35.9 Å². The van der Waals surface area contributed by atoms with Gasteiger partial charge >= 0.3 is 0 Å². The molecule has 0 radical (unpaired) electrons. The van der Waals surface area contributed by atoms with Crippen LogP contribution in [0.5, 0.6) is 28.7 Å². The van der Waals surface area contributed by atoms with Crippen molar-refractivity contribution in [3.8, 4) is 28.7 Å². The largest absolute Gasteiger partial charge is 0.508 e. The fourth-order valence-corrected chi connectivity index (χ4v) is 3.81. The number of phenols is 1. The number of hydrogen-bond acceptors (Lipinski definition) is 5. The minimum Gasteiger partial charge on any atom is -0.508 e. The van der Waals surface area contributed by atoms with Gasteiger partial charge in [0.25, 0.3) is 0 Å². The summed E-state index contributed by atoms with van der Waals surface area (Å²) in [7, 11) is 0. The van der Waals surface area contributed by atoms with Crippen molar-refractivity contribution in [2.24, 2.45) is 0 Å². The molecule has 0 spiro atoms. The maximum Gasteiger partial charge on any atom is 0.231 e. The number of hydrogen-bond donors (Lipinski definition) is 1. The van der Waals surface area contributed by atoms with Gasteiger partial charge in [0.2, 0.25) is 6.79 Å². The van der Waals surface area contributed by atoms with Gasteiger partial charge in [0.1, 0.15) is 23.4 Å². The van der Waals surface area contributed by atoms with Gasteiger partial charge in [0, 0.05) is 23.3 Å². The molecule has 0 unspecified atom stereocenters. The SMILES string of the molecule is CC(C)=CCc1cc2c(cc1O)OC[C@H]1c3cc4c(cc3O[C@@H]21)OCO4. The van der Waals surface area contributed by atoms with Gasteiger partial charge in [-0.3, -0.25) is 0 Å². The van der Waals surface area contributed by atoms with Crippen molar-refractivity contribution < 1.29 is 24.1 Å². The Balaban J connectivity index is 1.54. The van der Waals surface area contributed by atoms with E-state index in [2.05, 4.69) is 19.9 Å². The molecule has 26 heavy (non-hydrogen) atoms. The Morgan fingerprint density at radius 1 is 1.00 bits per heavy atom. The van der Waals surface area contributed by atoms with Crippen LogP contribution in [-0.2, 0) is 6.42 Å². The van der Waals surface area contributed by atoms with Crippen molar-refractivity contribution in [3.63, 3.8) is 0 Å². The lowest BCUT2D eigenvalue weighted by molar-refractivity contribution is 0.138. The Hall–Kier alpha value is -2.82. The molecule has 134 valence electrons. The van der Waals surface area contributed by atoms with E-state index in [0.29, 0.717) is 18.8 Å². The van der Waals surface area contributed by atoms with Crippen molar-refractivity contribution in [3.05, 3.63) is 52.6 Å². The maximum atomic E-state index is 10.3. The van der Waals surface area contributed by atoms with E-state index in [1.165, 1.54) is 5.57 Å². The van der Waals surface area contributed by atoms with Gasteiger partial charge in [-0.05, 0) is 38.0 Å². The van der Waals surface area contributed by atoms with E-state index >= 15 is 0 Å². The lowest BCUT2D eigenvalue weighted by Crippen LogP contribution is -2.23. The Kier molecular flexibility index (Phi) is 3.32. The third-order valence-corrected chi connectivity index (χ3v) is 5.19. The van der Waals surface area contributed by atoms with Crippen molar-refractivity contribution in [2.75, 3.05) is 13.4 Å². The molecular formula is C21H20O5. The third kappa shape index (κ3) is 2.30. The average molecular weight is 352 g/mol. The summed E-state index contributed by atoms with van der Waals surface area (Å²) in [5.41, 5.74) is 4.16. The van der Waals surface area contributed by atoms with Gasteiger partial charge < -0.3 is 24.1 Å². The van der Waals surface area contributed by atoms with Crippen LogP contribution in [-0.4, -0.2) is 18.5 Å². The highest BCUT2D eigenvalue weighted by atomic mass is 16.7. The number of ether oxygens (including phenoxy) is 4. The number of phenolic OH excluding ortho intramolecular Hbond substituents is 1. The molecule has 0 bridgehead atoms. The summed E-state index contributed by atoms with van der Waals surface area (Å²) in [6.45, 7) is 4.86. The molecule has 0 aliphatic carbocycles. The number of rotatable bonds is 2. The lowest BCUT2D eigenvalue weighted by Gasteiger charge is -2.28. The molecule has 3 heterocycles. The molecule has 2 atom stereocenters. The number of benzene rings is 2. The van der Waals surface area contributed by atoms with E-state index in [9.17, 15) is 5.11 Å². The Morgan fingerprint density at radius 2 is 1.81 bits per heavy atom. The molecule has 0 saturated carbocycles. The minimum atomic E-state index is -0.123. The Morgan fingerprint density at radius 3 is 2.62 bits per heavy atom. The summed E-state index contributed by atoms with van der Waals surface area (Å²) >= 11 is 0. The summed E-state index contributed by atoms with van der Waals surface area (Å²) in [6, 6.07) is 7.62. The van der Waals surface area contributed by atoms with Crippen molar-refractivity contribution in [1.29, 1.82) is 0 Å². The zero-order chi connectivity index (χ0) is 17.8. The second-order valence-electron chi connectivity index (χ2n) is 7.20. The van der Waals surface area contributed by atoms with Crippen LogP contribution in [0, 0.1) is 0 Å². The average Bonchev–Trinajstić information content (AvgIpc) is 3.21. The Bertz CT molecular complexity index is 926. The third-order valence-electron chi connectivity index (χ3n) is 5.19. The molecule has 2 aromatic carbocycles. The number of fused-ring (bicyclic) bond motifs is 6. The zero-order valence-corrected chi connectivity index (χ0v) is 14.7. The topological polar surface area (TPSA) is 57.2 Å². The molecule has 5 nitrogen and oxygen atoms in total. The molecule has 3 aliphatic heterocycles. The molecule has 0 saturated heterocycles. The summed E-state index contributed by atoms with van der Waals surface area (Å²) in [5, 5.41) is 10.3. The normalized spacial score (nSPS) is 21.2. The van der Waals surface area contributed by atoms with E-state index in [-0.39, 0.29) is 24.6 Å². The fraction of sp³-hybridized carbons (Fsp3) is 0.333. The van der Waals surface area contributed by atoms with Crippen LogP contribution in [0.2, 0.25) is 0 Å². The molecule has 5 heteroatoms. The summed E-state index contributed by atoms with van der Waals surface area (Å²) in [4.78, 5) is 0. The highest BCUT2D eigenvalue weighted by Crippen LogP contribution is 2.54. The van der Waals surface area contributed by atoms with Gasteiger partial charge in [-0.1, -0.05) is 11.6 Å². The van der Waals surface area contributed by atoms with E-state index in [1.807, 2.05) is 18.2 Å². The van der Waals surface area contributed by atoms with Gasteiger partial charge in [0.15, 0.2) is 11.5 Å². The first-order valence-corrected chi connectivity index (χ1v) is 8.82. The molecule has 0 aromatic heterocycles. The summed E-state index contributed by atoms with van der Waals surface area (Å²) in [6.07, 6.45) is 2.66. The predicted octanol–water partition coefficient (Wildman–Crippen LogP) is 4.24. The van der Waals surface area contributed by atoms with Crippen LogP contribution in [0.3, 0.4) is 0 Å². The molecular weight excluding hydrogens is 332 g/mol. The van der Waals surface area contributed by atoms with E-state index in [0.717, 1.165) is 33.9 Å². The highest BCUT2D eigenvalue weighted by molar-refractivity contribution is 5.58. The quantitative estimate of drug-likeness (QED) is 0.820.